The van der Waals surface area contributed by atoms with Crippen LogP contribution in [0.5, 0.6) is 0 Å². The van der Waals surface area contributed by atoms with Gasteiger partial charge >= 0.3 is 0 Å². The van der Waals surface area contributed by atoms with Gasteiger partial charge in [-0.15, -0.1) is 0 Å². The summed E-state index contributed by atoms with van der Waals surface area (Å²) in [6.07, 6.45) is 4.25. The Bertz CT molecular complexity index is 171. The molecule has 3 nitrogen and oxygen atoms in total. The molecule has 0 aromatic rings. The lowest BCUT2D eigenvalue weighted by molar-refractivity contribution is 0.00315. The molecule has 0 bridgehead atoms. The van der Waals surface area contributed by atoms with Crippen molar-refractivity contribution in [3.8, 4) is 0 Å². The van der Waals surface area contributed by atoms with E-state index in [1.54, 1.807) is 0 Å². The van der Waals surface area contributed by atoms with E-state index in [1.807, 2.05) is 0 Å². The summed E-state index contributed by atoms with van der Waals surface area (Å²) in [5.41, 5.74) is 5.65. The minimum absolute atomic E-state index is 0.580. The molecule has 2 saturated heterocycles. The maximum atomic E-state index is 5.65. The zero-order valence-electron chi connectivity index (χ0n) is 9.28. The maximum absolute atomic E-state index is 5.65. The molecule has 0 saturated carbocycles. The topological polar surface area (TPSA) is 32.5 Å². The number of hydrogen-bond acceptors (Lipinski definition) is 3. The quantitative estimate of drug-likeness (QED) is 0.715. The number of nitrogens with two attached hydrogens (primary N) is 1. The minimum Gasteiger partial charge on any atom is -0.329 e. The molecule has 0 aromatic heterocycles. The van der Waals surface area contributed by atoms with Crippen LogP contribution in [0.1, 0.15) is 26.2 Å². The fourth-order valence-corrected chi connectivity index (χ4v) is 2.51. The van der Waals surface area contributed by atoms with Crippen molar-refractivity contribution in [2.24, 2.45) is 5.73 Å². The number of nitrogens with zero attached hydrogens (tertiary/aromatic N) is 2. The van der Waals surface area contributed by atoms with Gasteiger partial charge in [0, 0.05) is 31.7 Å². The number of likely N-dealkylation sites (tertiary alicyclic amines) is 2. The van der Waals surface area contributed by atoms with Crippen molar-refractivity contribution in [2.45, 2.75) is 38.3 Å². The Morgan fingerprint density at radius 3 is 2.43 bits per heavy atom. The molecule has 2 aliphatic heterocycles. The lowest BCUT2D eigenvalue weighted by Gasteiger charge is -2.49. The second-order valence-corrected chi connectivity index (χ2v) is 4.79. The van der Waals surface area contributed by atoms with Gasteiger partial charge in [-0.2, -0.15) is 0 Å². The summed E-state index contributed by atoms with van der Waals surface area (Å²) in [6, 6.07) is 1.42. The van der Waals surface area contributed by atoms with E-state index in [0.29, 0.717) is 6.04 Å². The van der Waals surface area contributed by atoms with Gasteiger partial charge in [-0.3, -0.25) is 9.80 Å². The van der Waals surface area contributed by atoms with Crippen LogP contribution in [-0.4, -0.2) is 54.6 Å². The Hall–Kier alpha value is -0.120. The first kappa shape index (κ1) is 10.4. The van der Waals surface area contributed by atoms with Crippen molar-refractivity contribution in [1.29, 1.82) is 0 Å². The molecule has 0 amide bonds. The monoisotopic (exact) mass is 197 g/mol. The third kappa shape index (κ3) is 2.10. The van der Waals surface area contributed by atoms with Gasteiger partial charge in [0.05, 0.1) is 0 Å². The van der Waals surface area contributed by atoms with Gasteiger partial charge in [0.15, 0.2) is 0 Å². The Morgan fingerprint density at radius 1 is 1.21 bits per heavy atom. The summed E-state index contributed by atoms with van der Waals surface area (Å²) >= 11 is 0. The van der Waals surface area contributed by atoms with Crippen LogP contribution in [0.2, 0.25) is 0 Å². The van der Waals surface area contributed by atoms with Crippen LogP contribution in [0.15, 0.2) is 0 Å². The first-order valence-electron chi connectivity index (χ1n) is 5.99. The van der Waals surface area contributed by atoms with Gasteiger partial charge in [0.1, 0.15) is 0 Å². The molecule has 0 radical (unpaired) electrons. The molecule has 2 aliphatic rings. The SMILES string of the molecule is CC(CN)N1CC(N2CCCCC2)C1. The predicted molar refractivity (Wildman–Crippen MR) is 59.3 cm³/mol. The van der Waals surface area contributed by atoms with Crippen molar-refractivity contribution >= 4 is 0 Å². The summed E-state index contributed by atoms with van der Waals surface area (Å²) < 4.78 is 0. The first-order valence-corrected chi connectivity index (χ1v) is 5.99. The number of piperidine rings is 1. The zero-order valence-corrected chi connectivity index (χ0v) is 9.28. The van der Waals surface area contributed by atoms with Crippen LogP contribution in [0.3, 0.4) is 0 Å². The van der Waals surface area contributed by atoms with Crippen LogP contribution in [0, 0.1) is 0 Å². The molecule has 2 fully saturated rings. The Labute approximate surface area is 87.2 Å². The van der Waals surface area contributed by atoms with E-state index in [-0.39, 0.29) is 0 Å². The van der Waals surface area contributed by atoms with E-state index in [9.17, 15) is 0 Å². The molecule has 3 heteroatoms. The molecule has 14 heavy (non-hydrogen) atoms. The van der Waals surface area contributed by atoms with Gasteiger partial charge < -0.3 is 5.73 Å². The molecular weight excluding hydrogens is 174 g/mol. The Morgan fingerprint density at radius 2 is 1.86 bits per heavy atom. The van der Waals surface area contributed by atoms with E-state index in [4.69, 9.17) is 5.73 Å². The van der Waals surface area contributed by atoms with Crippen LogP contribution in [0.25, 0.3) is 0 Å². The van der Waals surface area contributed by atoms with Crippen LogP contribution in [-0.2, 0) is 0 Å². The lowest BCUT2D eigenvalue weighted by atomic mass is 10.0. The zero-order chi connectivity index (χ0) is 9.97. The van der Waals surface area contributed by atoms with E-state index in [1.165, 1.54) is 45.4 Å². The molecule has 0 aliphatic carbocycles. The molecular formula is C11H23N3. The second kappa shape index (κ2) is 4.60. The van der Waals surface area contributed by atoms with E-state index in [2.05, 4.69) is 16.7 Å². The van der Waals surface area contributed by atoms with Crippen LogP contribution < -0.4 is 5.73 Å². The average molecular weight is 197 g/mol. The van der Waals surface area contributed by atoms with Crippen molar-refractivity contribution < 1.29 is 0 Å². The third-order valence-corrected chi connectivity index (χ3v) is 3.76. The highest BCUT2D eigenvalue weighted by atomic mass is 15.3. The van der Waals surface area contributed by atoms with Crippen molar-refractivity contribution in [3.63, 3.8) is 0 Å². The van der Waals surface area contributed by atoms with E-state index in [0.717, 1.165) is 12.6 Å². The fourth-order valence-electron chi connectivity index (χ4n) is 2.51. The maximum Gasteiger partial charge on any atom is 0.0350 e. The highest BCUT2D eigenvalue weighted by Gasteiger charge is 2.33. The van der Waals surface area contributed by atoms with Gasteiger partial charge in [-0.25, -0.2) is 0 Å². The van der Waals surface area contributed by atoms with Crippen molar-refractivity contribution in [1.82, 2.24) is 9.80 Å². The molecule has 2 heterocycles. The van der Waals surface area contributed by atoms with Gasteiger partial charge in [-0.1, -0.05) is 6.42 Å². The normalized spacial score (nSPS) is 28.7. The lowest BCUT2D eigenvalue weighted by Crippen LogP contribution is -2.63. The van der Waals surface area contributed by atoms with Crippen LogP contribution >= 0.6 is 0 Å². The van der Waals surface area contributed by atoms with Crippen LogP contribution in [0.4, 0.5) is 0 Å². The molecule has 2 rings (SSSR count). The van der Waals surface area contributed by atoms with E-state index >= 15 is 0 Å². The Kier molecular flexibility index (Phi) is 3.42. The summed E-state index contributed by atoms with van der Waals surface area (Å²) in [5, 5.41) is 0. The first-order chi connectivity index (χ1) is 6.81. The summed E-state index contributed by atoms with van der Waals surface area (Å²) in [5.74, 6) is 0. The highest BCUT2D eigenvalue weighted by Crippen LogP contribution is 2.21. The second-order valence-electron chi connectivity index (χ2n) is 4.79. The fraction of sp³-hybridized carbons (Fsp3) is 1.00. The standard InChI is InChI=1S/C11H23N3/c1-10(7-12)14-8-11(9-14)13-5-3-2-4-6-13/h10-11H,2-9,12H2,1H3. The Balaban J connectivity index is 1.71. The molecule has 1 unspecified atom stereocenters. The largest absolute Gasteiger partial charge is 0.329 e. The van der Waals surface area contributed by atoms with Gasteiger partial charge in [0.2, 0.25) is 0 Å². The predicted octanol–water partition coefficient (Wildman–Crippen LogP) is 0.504. The van der Waals surface area contributed by atoms with Gasteiger partial charge in [0.25, 0.3) is 0 Å². The number of hydrogen-bond donors (Lipinski definition) is 1. The van der Waals surface area contributed by atoms with E-state index < -0.39 is 0 Å². The summed E-state index contributed by atoms with van der Waals surface area (Å²) in [6.45, 7) is 8.18. The highest BCUT2D eigenvalue weighted by molar-refractivity contribution is 4.91. The molecule has 82 valence electrons. The molecule has 2 N–H and O–H groups in total. The third-order valence-electron chi connectivity index (χ3n) is 3.76. The minimum atomic E-state index is 0.580. The van der Waals surface area contributed by atoms with Crippen molar-refractivity contribution in [3.05, 3.63) is 0 Å². The van der Waals surface area contributed by atoms with Crippen molar-refractivity contribution in [2.75, 3.05) is 32.7 Å². The summed E-state index contributed by atoms with van der Waals surface area (Å²) in [7, 11) is 0. The molecule has 0 aromatic carbocycles. The molecule has 1 atom stereocenters. The summed E-state index contributed by atoms with van der Waals surface area (Å²) in [4.78, 5) is 5.17. The smallest absolute Gasteiger partial charge is 0.0350 e. The number of rotatable bonds is 3. The molecule has 0 spiro atoms. The average Bonchev–Trinajstić information content (AvgIpc) is 2.17. The van der Waals surface area contributed by atoms with Gasteiger partial charge in [-0.05, 0) is 32.9 Å².